The molecule has 0 unspecified atom stereocenters. The summed E-state index contributed by atoms with van der Waals surface area (Å²) in [5.41, 5.74) is 17.9. The summed E-state index contributed by atoms with van der Waals surface area (Å²) >= 11 is 0. The third-order valence-electron chi connectivity index (χ3n) is 13.4. The van der Waals surface area contributed by atoms with Crippen molar-refractivity contribution >= 4 is 60.9 Å². The first-order valence-corrected chi connectivity index (χ1v) is 21.9. The van der Waals surface area contributed by atoms with Crippen molar-refractivity contribution in [2.24, 2.45) is 0 Å². The number of hydrogen-bond donors (Lipinski definition) is 0. The Bertz CT molecular complexity index is 3660. The number of nitrogens with zero attached hydrogens (tertiary/aromatic N) is 1. The quantitative estimate of drug-likeness (QED) is 0.160. The van der Waals surface area contributed by atoms with E-state index in [1.54, 1.807) is 0 Å². The van der Waals surface area contributed by atoms with Crippen LogP contribution in [0.1, 0.15) is 22.3 Å². The number of furan rings is 2. The zero-order valence-corrected chi connectivity index (χ0v) is 34.8. The van der Waals surface area contributed by atoms with Crippen molar-refractivity contribution in [2.75, 3.05) is 4.90 Å². The molecule has 0 fully saturated rings. The van der Waals surface area contributed by atoms with Crippen LogP contribution in [0, 0.1) is 0 Å². The van der Waals surface area contributed by atoms with Crippen molar-refractivity contribution < 1.29 is 8.83 Å². The molecule has 300 valence electrons. The molecule has 3 heteroatoms. The maximum absolute atomic E-state index is 6.83. The van der Waals surface area contributed by atoms with Gasteiger partial charge in [0.15, 0.2) is 0 Å². The lowest BCUT2D eigenvalue weighted by Gasteiger charge is -2.35. The molecule has 2 aromatic heterocycles. The molecule has 0 N–H and O–H groups in total. The fourth-order valence-electron chi connectivity index (χ4n) is 10.6. The van der Waals surface area contributed by atoms with E-state index in [-0.39, 0.29) is 0 Å². The summed E-state index contributed by atoms with van der Waals surface area (Å²) in [6, 6.07) is 85.1. The molecule has 0 aliphatic heterocycles. The standard InChI is InChI=1S/C61H39NO2/c1-5-17-40(18-6-1)41-31-33-45(34-32-41)62(46-35-36-49-48-25-13-14-28-53(48)61(54(49)37-46,43-21-9-3-10-22-43)44-23-11-4-12-24-44)55-29-16-30-56-59(55)52-39-57-51(38-58(52)63-56)50-27-15-26-47(60(50)64-57)42-19-7-2-8-20-42/h1-39H. The molecule has 12 aromatic rings. The van der Waals surface area contributed by atoms with E-state index in [0.717, 1.165) is 77.6 Å². The van der Waals surface area contributed by atoms with Gasteiger partial charge in [-0.05, 0) is 98.6 Å². The molecule has 1 aliphatic carbocycles. The Morgan fingerprint density at radius 2 is 0.891 bits per heavy atom. The van der Waals surface area contributed by atoms with Gasteiger partial charge in [-0.3, -0.25) is 0 Å². The Hall–Kier alpha value is -8.40. The molecule has 0 radical (unpaired) electrons. The molecule has 3 nitrogen and oxygen atoms in total. The normalized spacial score (nSPS) is 12.8. The summed E-state index contributed by atoms with van der Waals surface area (Å²) in [6.45, 7) is 0. The van der Waals surface area contributed by atoms with Crippen molar-refractivity contribution in [1.29, 1.82) is 0 Å². The minimum atomic E-state index is -0.548. The Balaban J connectivity index is 1.07. The molecular formula is C61H39NO2. The molecular weight excluding hydrogens is 779 g/mol. The van der Waals surface area contributed by atoms with Crippen LogP contribution in [0.2, 0.25) is 0 Å². The lowest BCUT2D eigenvalue weighted by Crippen LogP contribution is -2.28. The summed E-state index contributed by atoms with van der Waals surface area (Å²) in [4.78, 5) is 2.41. The zero-order chi connectivity index (χ0) is 42.2. The highest BCUT2D eigenvalue weighted by atomic mass is 16.3. The van der Waals surface area contributed by atoms with Crippen LogP contribution in [0.15, 0.2) is 245 Å². The summed E-state index contributed by atoms with van der Waals surface area (Å²) in [5, 5.41) is 4.13. The van der Waals surface area contributed by atoms with Crippen LogP contribution in [-0.2, 0) is 5.41 Å². The van der Waals surface area contributed by atoms with Crippen molar-refractivity contribution in [1.82, 2.24) is 0 Å². The van der Waals surface area contributed by atoms with Gasteiger partial charge in [-0.2, -0.15) is 0 Å². The Labute approximate surface area is 370 Å². The first kappa shape index (κ1) is 36.3. The number of fused-ring (bicyclic) bond motifs is 9. The molecule has 10 aromatic carbocycles. The number of hydrogen-bond acceptors (Lipinski definition) is 3. The van der Waals surface area contributed by atoms with Gasteiger partial charge in [0, 0.05) is 33.1 Å². The fourth-order valence-corrected chi connectivity index (χ4v) is 10.6. The summed E-state index contributed by atoms with van der Waals surface area (Å²) in [6.07, 6.45) is 0. The van der Waals surface area contributed by atoms with E-state index in [0.29, 0.717) is 0 Å². The van der Waals surface area contributed by atoms with Gasteiger partial charge in [0.05, 0.1) is 16.5 Å². The Kier molecular flexibility index (Phi) is 8.13. The van der Waals surface area contributed by atoms with Gasteiger partial charge in [-0.25, -0.2) is 0 Å². The number of benzene rings is 10. The second-order valence-electron chi connectivity index (χ2n) is 16.8. The van der Waals surface area contributed by atoms with Gasteiger partial charge in [0.1, 0.15) is 22.3 Å². The predicted molar refractivity (Wildman–Crippen MR) is 264 cm³/mol. The lowest BCUT2D eigenvalue weighted by molar-refractivity contribution is 0.664. The maximum Gasteiger partial charge on any atom is 0.143 e. The summed E-state index contributed by atoms with van der Waals surface area (Å²) in [5.74, 6) is 0. The Morgan fingerprint density at radius 1 is 0.328 bits per heavy atom. The summed E-state index contributed by atoms with van der Waals surface area (Å²) < 4.78 is 13.7. The smallest absolute Gasteiger partial charge is 0.143 e. The first-order valence-electron chi connectivity index (χ1n) is 21.9. The van der Waals surface area contributed by atoms with Crippen LogP contribution in [0.4, 0.5) is 17.1 Å². The fraction of sp³-hybridized carbons (Fsp3) is 0.0164. The van der Waals surface area contributed by atoms with E-state index in [2.05, 4.69) is 235 Å². The second kappa shape index (κ2) is 14.3. The monoisotopic (exact) mass is 817 g/mol. The van der Waals surface area contributed by atoms with Crippen LogP contribution in [0.25, 0.3) is 77.3 Å². The first-order chi connectivity index (χ1) is 31.7. The third kappa shape index (κ3) is 5.41. The van der Waals surface area contributed by atoms with Crippen LogP contribution in [-0.4, -0.2) is 0 Å². The second-order valence-corrected chi connectivity index (χ2v) is 16.8. The van der Waals surface area contributed by atoms with Crippen molar-refractivity contribution in [2.45, 2.75) is 5.41 Å². The highest BCUT2D eigenvalue weighted by Gasteiger charge is 2.46. The van der Waals surface area contributed by atoms with Gasteiger partial charge in [0.2, 0.25) is 0 Å². The molecule has 64 heavy (non-hydrogen) atoms. The molecule has 0 bridgehead atoms. The third-order valence-corrected chi connectivity index (χ3v) is 13.4. The van der Waals surface area contributed by atoms with Gasteiger partial charge in [-0.1, -0.05) is 188 Å². The largest absolute Gasteiger partial charge is 0.456 e. The zero-order valence-electron chi connectivity index (χ0n) is 34.8. The molecule has 0 saturated carbocycles. The average molecular weight is 818 g/mol. The SMILES string of the molecule is c1ccc(-c2ccc(N(c3ccc4c(c3)C(c3ccccc3)(c3ccccc3)c3ccccc3-4)c3cccc4oc5cc6c(cc5c34)oc3c(-c4ccccc4)cccc36)cc2)cc1. The van der Waals surface area contributed by atoms with Crippen LogP contribution in [0.5, 0.6) is 0 Å². The molecule has 2 heterocycles. The van der Waals surface area contributed by atoms with E-state index < -0.39 is 5.41 Å². The van der Waals surface area contributed by atoms with Crippen LogP contribution < -0.4 is 4.90 Å². The average Bonchev–Trinajstić information content (AvgIpc) is 4.02. The molecule has 13 rings (SSSR count). The minimum Gasteiger partial charge on any atom is -0.456 e. The number of para-hydroxylation sites is 1. The molecule has 0 saturated heterocycles. The minimum absolute atomic E-state index is 0.548. The van der Waals surface area contributed by atoms with Crippen molar-refractivity contribution in [3.8, 4) is 33.4 Å². The Morgan fingerprint density at radius 3 is 1.62 bits per heavy atom. The van der Waals surface area contributed by atoms with Gasteiger partial charge >= 0.3 is 0 Å². The van der Waals surface area contributed by atoms with Crippen molar-refractivity contribution in [3.05, 3.63) is 259 Å². The topological polar surface area (TPSA) is 29.5 Å². The van der Waals surface area contributed by atoms with E-state index in [4.69, 9.17) is 8.83 Å². The predicted octanol–water partition coefficient (Wildman–Crippen LogP) is 16.7. The van der Waals surface area contributed by atoms with E-state index in [1.807, 2.05) is 6.07 Å². The van der Waals surface area contributed by atoms with Crippen molar-refractivity contribution in [3.63, 3.8) is 0 Å². The van der Waals surface area contributed by atoms with Crippen LogP contribution >= 0.6 is 0 Å². The molecule has 0 spiro atoms. The van der Waals surface area contributed by atoms with E-state index >= 15 is 0 Å². The molecule has 0 amide bonds. The van der Waals surface area contributed by atoms with Gasteiger partial charge in [0.25, 0.3) is 0 Å². The number of rotatable bonds is 7. The molecule has 1 aliphatic rings. The lowest BCUT2D eigenvalue weighted by atomic mass is 9.67. The van der Waals surface area contributed by atoms with Crippen LogP contribution in [0.3, 0.4) is 0 Å². The van der Waals surface area contributed by atoms with Gasteiger partial charge in [-0.15, -0.1) is 0 Å². The molecule has 0 atom stereocenters. The highest BCUT2D eigenvalue weighted by Crippen LogP contribution is 2.57. The maximum atomic E-state index is 6.83. The van der Waals surface area contributed by atoms with E-state index in [9.17, 15) is 0 Å². The summed E-state index contributed by atoms with van der Waals surface area (Å²) in [7, 11) is 0. The highest BCUT2D eigenvalue weighted by molar-refractivity contribution is 6.19. The van der Waals surface area contributed by atoms with E-state index in [1.165, 1.54) is 38.9 Å². The number of anilines is 3. The van der Waals surface area contributed by atoms with Gasteiger partial charge < -0.3 is 13.7 Å².